The summed E-state index contributed by atoms with van der Waals surface area (Å²) in [6.07, 6.45) is 2.63. The standard InChI is InChI=1S/C13H19BrN2O/c1-9(2)8-10(3)16(4)13(17)12-11(14)6-5-7-15-12/h5-7,9-10H,8H2,1-4H3. The van der Waals surface area contributed by atoms with Crippen LogP contribution >= 0.6 is 15.9 Å². The molecule has 1 rings (SSSR count). The van der Waals surface area contributed by atoms with Gasteiger partial charge < -0.3 is 4.90 Å². The molecule has 0 fully saturated rings. The summed E-state index contributed by atoms with van der Waals surface area (Å²) >= 11 is 3.36. The number of carbonyl (C=O) groups is 1. The van der Waals surface area contributed by atoms with E-state index in [9.17, 15) is 4.79 Å². The zero-order valence-corrected chi connectivity index (χ0v) is 12.4. The molecular weight excluding hydrogens is 280 g/mol. The highest BCUT2D eigenvalue weighted by atomic mass is 79.9. The number of amides is 1. The van der Waals surface area contributed by atoms with Gasteiger partial charge in [-0.05, 0) is 47.3 Å². The maximum atomic E-state index is 12.2. The topological polar surface area (TPSA) is 33.2 Å². The fourth-order valence-corrected chi connectivity index (χ4v) is 2.18. The van der Waals surface area contributed by atoms with Gasteiger partial charge in [0, 0.05) is 23.8 Å². The van der Waals surface area contributed by atoms with E-state index < -0.39 is 0 Å². The summed E-state index contributed by atoms with van der Waals surface area (Å²) in [5, 5.41) is 0. The Labute approximate surface area is 111 Å². The Morgan fingerprint density at radius 2 is 2.12 bits per heavy atom. The molecule has 1 atom stereocenters. The second-order valence-corrected chi connectivity index (χ2v) is 5.58. The number of hydrogen-bond acceptors (Lipinski definition) is 2. The molecule has 0 N–H and O–H groups in total. The van der Waals surface area contributed by atoms with E-state index >= 15 is 0 Å². The van der Waals surface area contributed by atoms with Gasteiger partial charge in [0.15, 0.2) is 0 Å². The van der Waals surface area contributed by atoms with E-state index in [1.807, 2.05) is 13.1 Å². The van der Waals surface area contributed by atoms with Gasteiger partial charge in [-0.25, -0.2) is 4.98 Å². The molecule has 1 aromatic rings. The molecule has 1 unspecified atom stereocenters. The van der Waals surface area contributed by atoms with E-state index in [1.54, 1.807) is 17.2 Å². The summed E-state index contributed by atoms with van der Waals surface area (Å²) in [5.74, 6) is 0.540. The minimum absolute atomic E-state index is 0.0365. The fourth-order valence-electron chi connectivity index (χ4n) is 1.75. The third kappa shape index (κ3) is 3.80. The predicted octanol–water partition coefficient (Wildman–Crippen LogP) is 3.35. The van der Waals surface area contributed by atoms with Crippen LogP contribution in [0.25, 0.3) is 0 Å². The highest BCUT2D eigenvalue weighted by Gasteiger charge is 2.20. The van der Waals surface area contributed by atoms with Crippen molar-refractivity contribution >= 4 is 21.8 Å². The summed E-state index contributed by atoms with van der Waals surface area (Å²) < 4.78 is 0.744. The van der Waals surface area contributed by atoms with Crippen LogP contribution in [-0.2, 0) is 0 Å². The minimum Gasteiger partial charge on any atom is -0.338 e. The van der Waals surface area contributed by atoms with E-state index in [-0.39, 0.29) is 11.9 Å². The summed E-state index contributed by atoms with van der Waals surface area (Å²) in [5.41, 5.74) is 0.477. The third-order valence-corrected chi connectivity index (χ3v) is 3.39. The van der Waals surface area contributed by atoms with Crippen LogP contribution in [-0.4, -0.2) is 28.9 Å². The van der Waals surface area contributed by atoms with Crippen LogP contribution in [0.1, 0.15) is 37.7 Å². The minimum atomic E-state index is -0.0365. The summed E-state index contributed by atoms with van der Waals surface area (Å²) in [6.45, 7) is 6.38. The third-order valence-electron chi connectivity index (χ3n) is 2.76. The Bertz CT molecular complexity index is 393. The number of hydrogen-bond donors (Lipinski definition) is 0. The summed E-state index contributed by atoms with van der Waals surface area (Å²) in [4.78, 5) is 18.1. The first-order chi connectivity index (χ1) is 7.93. The highest BCUT2D eigenvalue weighted by molar-refractivity contribution is 9.10. The van der Waals surface area contributed by atoms with Gasteiger partial charge in [-0.3, -0.25) is 4.79 Å². The van der Waals surface area contributed by atoms with Gasteiger partial charge in [-0.1, -0.05) is 13.8 Å². The van der Waals surface area contributed by atoms with Gasteiger partial charge in [-0.15, -0.1) is 0 Å². The maximum absolute atomic E-state index is 12.2. The number of halogens is 1. The number of carbonyl (C=O) groups excluding carboxylic acids is 1. The molecule has 1 aromatic heterocycles. The lowest BCUT2D eigenvalue weighted by Crippen LogP contribution is -2.36. The van der Waals surface area contributed by atoms with Crippen molar-refractivity contribution in [3.8, 4) is 0 Å². The van der Waals surface area contributed by atoms with Gasteiger partial charge in [0.1, 0.15) is 5.69 Å². The normalized spacial score (nSPS) is 12.6. The van der Waals surface area contributed by atoms with Crippen LogP contribution in [0.2, 0.25) is 0 Å². The molecule has 0 aliphatic carbocycles. The zero-order chi connectivity index (χ0) is 13.0. The molecule has 0 aliphatic rings. The lowest BCUT2D eigenvalue weighted by molar-refractivity contribution is 0.0721. The van der Waals surface area contributed by atoms with Gasteiger partial charge in [-0.2, -0.15) is 0 Å². The highest BCUT2D eigenvalue weighted by Crippen LogP contribution is 2.17. The zero-order valence-electron chi connectivity index (χ0n) is 10.8. The van der Waals surface area contributed by atoms with Crippen molar-refractivity contribution in [2.75, 3.05) is 7.05 Å². The molecule has 3 nitrogen and oxygen atoms in total. The molecule has 0 aliphatic heterocycles. The molecule has 4 heteroatoms. The second-order valence-electron chi connectivity index (χ2n) is 4.73. The number of aromatic nitrogens is 1. The van der Waals surface area contributed by atoms with Gasteiger partial charge in [0.05, 0.1) is 0 Å². The molecule has 17 heavy (non-hydrogen) atoms. The molecule has 0 spiro atoms. The van der Waals surface area contributed by atoms with Crippen molar-refractivity contribution in [2.24, 2.45) is 5.92 Å². The van der Waals surface area contributed by atoms with Crippen LogP contribution in [0, 0.1) is 5.92 Å². The average Bonchev–Trinajstić information content (AvgIpc) is 2.27. The van der Waals surface area contributed by atoms with Crippen LogP contribution in [0.15, 0.2) is 22.8 Å². The van der Waals surface area contributed by atoms with Crippen LogP contribution in [0.3, 0.4) is 0 Å². The molecule has 1 amide bonds. The predicted molar refractivity (Wildman–Crippen MR) is 72.9 cm³/mol. The van der Waals surface area contributed by atoms with E-state index in [0.717, 1.165) is 10.9 Å². The van der Waals surface area contributed by atoms with Crippen LogP contribution < -0.4 is 0 Å². The van der Waals surface area contributed by atoms with Crippen LogP contribution in [0.4, 0.5) is 0 Å². The smallest absolute Gasteiger partial charge is 0.273 e. The van der Waals surface area contributed by atoms with E-state index in [4.69, 9.17) is 0 Å². The quantitative estimate of drug-likeness (QED) is 0.854. The van der Waals surface area contributed by atoms with Gasteiger partial charge >= 0.3 is 0 Å². The van der Waals surface area contributed by atoms with E-state index in [2.05, 4.69) is 41.7 Å². The first-order valence-electron chi connectivity index (χ1n) is 5.81. The lowest BCUT2D eigenvalue weighted by atomic mass is 10.0. The molecule has 1 heterocycles. The first kappa shape index (κ1) is 14.2. The Kier molecular flexibility index (Phi) is 5.12. The summed E-state index contributed by atoms with van der Waals surface area (Å²) in [7, 11) is 1.83. The molecular formula is C13H19BrN2O. The molecule has 0 radical (unpaired) electrons. The van der Waals surface area contributed by atoms with Crippen molar-refractivity contribution in [1.29, 1.82) is 0 Å². The van der Waals surface area contributed by atoms with Crippen molar-refractivity contribution < 1.29 is 4.79 Å². The number of nitrogens with zero attached hydrogens (tertiary/aromatic N) is 2. The van der Waals surface area contributed by atoms with E-state index in [1.165, 1.54) is 0 Å². The average molecular weight is 299 g/mol. The van der Waals surface area contributed by atoms with Crippen molar-refractivity contribution in [3.05, 3.63) is 28.5 Å². The Morgan fingerprint density at radius 3 is 2.65 bits per heavy atom. The SMILES string of the molecule is CC(C)CC(C)N(C)C(=O)c1ncccc1Br. The van der Waals surface area contributed by atoms with Crippen molar-refractivity contribution in [1.82, 2.24) is 9.88 Å². The van der Waals surface area contributed by atoms with Gasteiger partial charge in [0.2, 0.25) is 0 Å². The maximum Gasteiger partial charge on any atom is 0.273 e. The Balaban J connectivity index is 2.80. The Hall–Kier alpha value is -0.900. The molecule has 0 saturated carbocycles. The fraction of sp³-hybridized carbons (Fsp3) is 0.538. The van der Waals surface area contributed by atoms with Crippen molar-refractivity contribution in [3.63, 3.8) is 0 Å². The molecule has 0 aromatic carbocycles. The van der Waals surface area contributed by atoms with Gasteiger partial charge in [0.25, 0.3) is 5.91 Å². The molecule has 0 saturated heterocycles. The summed E-state index contributed by atoms with van der Waals surface area (Å²) in [6, 6.07) is 3.86. The molecule has 0 bridgehead atoms. The molecule has 94 valence electrons. The van der Waals surface area contributed by atoms with Crippen LogP contribution in [0.5, 0.6) is 0 Å². The Morgan fingerprint density at radius 1 is 1.47 bits per heavy atom. The number of rotatable bonds is 4. The number of pyridine rings is 1. The first-order valence-corrected chi connectivity index (χ1v) is 6.60. The monoisotopic (exact) mass is 298 g/mol. The van der Waals surface area contributed by atoms with E-state index in [0.29, 0.717) is 11.6 Å². The largest absolute Gasteiger partial charge is 0.338 e. The van der Waals surface area contributed by atoms with Crippen molar-refractivity contribution in [2.45, 2.75) is 33.2 Å². The lowest BCUT2D eigenvalue weighted by Gasteiger charge is -2.26. The second kappa shape index (κ2) is 6.15.